The summed E-state index contributed by atoms with van der Waals surface area (Å²) in [6.45, 7) is 2.28. The zero-order valence-electron chi connectivity index (χ0n) is 11.1. The maximum atomic E-state index is 13.0. The van der Waals surface area contributed by atoms with Crippen LogP contribution in [0.3, 0.4) is 0 Å². The molecule has 3 rings (SSSR count). The predicted molar refractivity (Wildman–Crippen MR) is 77.2 cm³/mol. The SMILES string of the molecule is Cc1cc(F)ccc1COc1cnc2ccccc2c1. The fourth-order valence-corrected chi connectivity index (χ4v) is 2.11. The number of pyridine rings is 1. The van der Waals surface area contributed by atoms with Gasteiger partial charge in [0.25, 0.3) is 0 Å². The lowest BCUT2D eigenvalue weighted by atomic mass is 10.1. The Morgan fingerprint density at radius 1 is 1.10 bits per heavy atom. The molecule has 2 aromatic carbocycles. The maximum Gasteiger partial charge on any atom is 0.138 e. The summed E-state index contributed by atoms with van der Waals surface area (Å²) in [5.41, 5.74) is 2.80. The van der Waals surface area contributed by atoms with Crippen molar-refractivity contribution in [1.29, 1.82) is 0 Å². The number of hydrogen-bond acceptors (Lipinski definition) is 2. The van der Waals surface area contributed by atoms with Crippen LogP contribution in [-0.4, -0.2) is 4.98 Å². The topological polar surface area (TPSA) is 22.1 Å². The van der Waals surface area contributed by atoms with E-state index in [-0.39, 0.29) is 5.82 Å². The first-order valence-electron chi connectivity index (χ1n) is 6.45. The highest BCUT2D eigenvalue weighted by atomic mass is 19.1. The van der Waals surface area contributed by atoms with Crippen LogP contribution in [0, 0.1) is 12.7 Å². The maximum absolute atomic E-state index is 13.0. The van der Waals surface area contributed by atoms with Gasteiger partial charge in [-0.15, -0.1) is 0 Å². The van der Waals surface area contributed by atoms with Crippen molar-refractivity contribution in [2.45, 2.75) is 13.5 Å². The third-order valence-corrected chi connectivity index (χ3v) is 3.26. The van der Waals surface area contributed by atoms with Crippen LogP contribution in [0.4, 0.5) is 4.39 Å². The number of para-hydroxylation sites is 1. The summed E-state index contributed by atoms with van der Waals surface area (Å²) in [5.74, 6) is 0.492. The minimum absolute atomic E-state index is 0.223. The molecule has 20 heavy (non-hydrogen) atoms. The Balaban J connectivity index is 1.79. The first kappa shape index (κ1) is 12.6. The molecule has 100 valence electrons. The Morgan fingerprint density at radius 2 is 1.95 bits per heavy atom. The van der Waals surface area contributed by atoms with Crippen LogP contribution >= 0.6 is 0 Å². The number of ether oxygens (including phenoxy) is 1. The van der Waals surface area contributed by atoms with E-state index in [1.54, 1.807) is 12.3 Å². The van der Waals surface area contributed by atoms with Gasteiger partial charge in [0.15, 0.2) is 0 Å². The van der Waals surface area contributed by atoms with Gasteiger partial charge in [0.2, 0.25) is 0 Å². The van der Waals surface area contributed by atoms with Crippen molar-refractivity contribution in [2.24, 2.45) is 0 Å². The fourth-order valence-electron chi connectivity index (χ4n) is 2.11. The number of rotatable bonds is 3. The second kappa shape index (κ2) is 5.29. The van der Waals surface area contributed by atoms with Crippen LogP contribution in [0.1, 0.15) is 11.1 Å². The molecule has 0 atom stereocenters. The van der Waals surface area contributed by atoms with E-state index < -0.39 is 0 Å². The summed E-state index contributed by atoms with van der Waals surface area (Å²) < 4.78 is 18.8. The van der Waals surface area contributed by atoms with E-state index in [4.69, 9.17) is 4.74 Å². The lowest BCUT2D eigenvalue weighted by Gasteiger charge is -2.09. The summed E-state index contributed by atoms with van der Waals surface area (Å²) in [6, 6.07) is 14.6. The van der Waals surface area contributed by atoms with Crippen LogP contribution in [0.15, 0.2) is 54.7 Å². The van der Waals surface area contributed by atoms with Crippen LogP contribution in [0.25, 0.3) is 10.9 Å². The average molecular weight is 267 g/mol. The van der Waals surface area contributed by atoms with Crippen molar-refractivity contribution in [1.82, 2.24) is 4.98 Å². The summed E-state index contributed by atoms with van der Waals surface area (Å²) in [6.07, 6.45) is 1.71. The third kappa shape index (κ3) is 2.62. The largest absolute Gasteiger partial charge is 0.487 e. The number of halogens is 1. The summed E-state index contributed by atoms with van der Waals surface area (Å²) in [5, 5.41) is 1.04. The second-order valence-electron chi connectivity index (χ2n) is 4.72. The van der Waals surface area contributed by atoms with E-state index in [1.165, 1.54) is 12.1 Å². The molecule has 0 saturated carbocycles. The van der Waals surface area contributed by atoms with Crippen LogP contribution in [0.2, 0.25) is 0 Å². The number of fused-ring (bicyclic) bond motifs is 1. The fraction of sp³-hybridized carbons (Fsp3) is 0.118. The predicted octanol–water partition coefficient (Wildman–Crippen LogP) is 4.26. The molecule has 0 saturated heterocycles. The first-order valence-corrected chi connectivity index (χ1v) is 6.45. The highest BCUT2D eigenvalue weighted by Crippen LogP contribution is 2.19. The minimum Gasteiger partial charge on any atom is -0.487 e. The quantitative estimate of drug-likeness (QED) is 0.707. The van der Waals surface area contributed by atoms with Gasteiger partial charge in [-0.25, -0.2) is 4.39 Å². The van der Waals surface area contributed by atoms with Crippen molar-refractivity contribution in [2.75, 3.05) is 0 Å². The molecule has 2 nitrogen and oxygen atoms in total. The smallest absolute Gasteiger partial charge is 0.138 e. The molecule has 0 N–H and O–H groups in total. The highest BCUT2D eigenvalue weighted by Gasteiger charge is 2.03. The second-order valence-corrected chi connectivity index (χ2v) is 4.72. The summed E-state index contributed by atoms with van der Waals surface area (Å²) in [7, 11) is 0. The van der Waals surface area contributed by atoms with E-state index in [0.29, 0.717) is 12.4 Å². The number of aryl methyl sites for hydroxylation is 1. The van der Waals surface area contributed by atoms with Crippen LogP contribution in [0.5, 0.6) is 5.75 Å². The summed E-state index contributed by atoms with van der Waals surface area (Å²) >= 11 is 0. The first-order chi connectivity index (χ1) is 9.72. The third-order valence-electron chi connectivity index (χ3n) is 3.26. The molecule has 0 spiro atoms. The van der Waals surface area contributed by atoms with Gasteiger partial charge in [-0.2, -0.15) is 0 Å². The Kier molecular flexibility index (Phi) is 3.33. The monoisotopic (exact) mass is 267 g/mol. The van der Waals surface area contributed by atoms with Gasteiger partial charge in [-0.3, -0.25) is 4.98 Å². The lowest BCUT2D eigenvalue weighted by molar-refractivity contribution is 0.304. The molecular weight excluding hydrogens is 253 g/mol. The van der Waals surface area contributed by atoms with Gasteiger partial charge in [0.05, 0.1) is 11.7 Å². The molecule has 0 bridgehead atoms. The van der Waals surface area contributed by atoms with Gasteiger partial charge in [0, 0.05) is 5.39 Å². The normalized spacial score (nSPS) is 10.7. The van der Waals surface area contributed by atoms with Gasteiger partial charge in [0.1, 0.15) is 18.2 Å². The van der Waals surface area contributed by atoms with Gasteiger partial charge < -0.3 is 4.74 Å². The lowest BCUT2D eigenvalue weighted by Crippen LogP contribution is -1.98. The Hall–Kier alpha value is -2.42. The molecule has 0 fully saturated rings. The number of hydrogen-bond donors (Lipinski definition) is 0. The van der Waals surface area contributed by atoms with Gasteiger partial charge >= 0.3 is 0 Å². The number of benzene rings is 2. The number of aromatic nitrogens is 1. The van der Waals surface area contributed by atoms with E-state index in [9.17, 15) is 4.39 Å². The molecule has 3 heteroatoms. The molecule has 0 aliphatic heterocycles. The van der Waals surface area contributed by atoms with Crippen molar-refractivity contribution < 1.29 is 9.13 Å². The molecule has 0 amide bonds. The van der Waals surface area contributed by atoms with Crippen molar-refractivity contribution >= 4 is 10.9 Å². The standard InChI is InChI=1S/C17H14FNO/c1-12-8-15(18)7-6-14(12)11-20-16-9-13-4-2-3-5-17(13)19-10-16/h2-10H,11H2,1H3. The molecule has 1 aromatic heterocycles. The molecule has 0 aliphatic rings. The summed E-state index contributed by atoms with van der Waals surface area (Å²) in [4.78, 5) is 4.34. The molecule has 0 aliphatic carbocycles. The highest BCUT2D eigenvalue weighted by molar-refractivity contribution is 5.79. The Labute approximate surface area is 116 Å². The van der Waals surface area contributed by atoms with E-state index in [0.717, 1.165) is 22.0 Å². The van der Waals surface area contributed by atoms with Crippen LogP contribution < -0.4 is 4.74 Å². The van der Waals surface area contributed by atoms with E-state index >= 15 is 0 Å². The average Bonchev–Trinajstić information content (AvgIpc) is 2.46. The van der Waals surface area contributed by atoms with Crippen molar-refractivity contribution in [3.8, 4) is 5.75 Å². The molecule has 0 unspecified atom stereocenters. The van der Waals surface area contributed by atoms with Crippen molar-refractivity contribution in [3.63, 3.8) is 0 Å². The van der Waals surface area contributed by atoms with Gasteiger partial charge in [-0.05, 0) is 42.3 Å². The van der Waals surface area contributed by atoms with E-state index in [1.807, 2.05) is 37.3 Å². The molecule has 1 heterocycles. The van der Waals surface area contributed by atoms with Crippen LogP contribution in [-0.2, 0) is 6.61 Å². The molecule has 0 radical (unpaired) electrons. The zero-order valence-corrected chi connectivity index (χ0v) is 11.1. The Bertz CT molecular complexity index is 755. The zero-order chi connectivity index (χ0) is 13.9. The molecular formula is C17H14FNO. The Morgan fingerprint density at radius 3 is 2.80 bits per heavy atom. The van der Waals surface area contributed by atoms with Crippen molar-refractivity contribution in [3.05, 3.63) is 71.7 Å². The minimum atomic E-state index is -0.223. The van der Waals surface area contributed by atoms with E-state index in [2.05, 4.69) is 4.98 Å². The molecule has 3 aromatic rings. The number of nitrogens with zero attached hydrogens (tertiary/aromatic N) is 1. The van der Waals surface area contributed by atoms with Gasteiger partial charge in [-0.1, -0.05) is 24.3 Å².